The smallest absolute Gasteiger partial charge is 0.253 e. The predicted octanol–water partition coefficient (Wildman–Crippen LogP) is 5.11. The number of carbonyl (C=O) groups is 2. The van der Waals surface area contributed by atoms with Crippen LogP contribution in [0.4, 0.5) is 10.1 Å². The molecule has 4 rings (SSSR count). The number of para-hydroxylation sites is 1. The van der Waals surface area contributed by atoms with Gasteiger partial charge < -0.3 is 15.0 Å². The number of rotatable bonds is 5. The van der Waals surface area contributed by atoms with Crippen molar-refractivity contribution in [2.45, 2.75) is 12.8 Å². The Hall–Kier alpha value is -3.67. The summed E-state index contributed by atoms with van der Waals surface area (Å²) in [6.45, 7) is 0.919. The monoisotopic (exact) mass is 418 g/mol. The Morgan fingerprint density at radius 1 is 0.935 bits per heavy atom. The summed E-state index contributed by atoms with van der Waals surface area (Å²) in [7, 11) is 0. The highest BCUT2D eigenvalue weighted by atomic mass is 19.1. The highest BCUT2D eigenvalue weighted by molar-refractivity contribution is 5.96. The number of nitrogens with zero attached hydrogens (tertiary/aromatic N) is 1. The molecule has 0 spiro atoms. The van der Waals surface area contributed by atoms with E-state index in [9.17, 15) is 14.0 Å². The number of amides is 2. The highest BCUT2D eigenvalue weighted by Gasteiger charge is 2.29. The molecule has 3 aromatic rings. The fourth-order valence-electron chi connectivity index (χ4n) is 3.66. The number of hydrogen-bond donors (Lipinski definition) is 1. The maximum absolute atomic E-state index is 13.1. The molecule has 31 heavy (non-hydrogen) atoms. The van der Waals surface area contributed by atoms with Crippen LogP contribution in [0.5, 0.6) is 11.5 Å². The molecule has 1 unspecified atom stereocenters. The van der Waals surface area contributed by atoms with Gasteiger partial charge in [-0.2, -0.15) is 0 Å². The highest BCUT2D eigenvalue weighted by Crippen LogP contribution is 2.25. The average molecular weight is 418 g/mol. The van der Waals surface area contributed by atoms with Crippen molar-refractivity contribution in [2.24, 2.45) is 5.92 Å². The van der Waals surface area contributed by atoms with E-state index in [1.807, 2.05) is 42.5 Å². The van der Waals surface area contributed by atoms with Crippen molar-refractivity contribution in [3.05, 3.63) is 90.2 Å². The number of benzene rings is 3. The molecule has 3 aromatic carbocycles. The zero-order chi connectivity index (χ0) is 21.6. The van der Waals surface area contributed by atoms with Gasteiger partial charge in [-0.1, -0.05) is 24.3 Å². The molecule has 0 aromatic heterocycles. The van der Waals surface area contributed by atoms with Gasteiger partial charge in [0.2, 0.25) is 5.91 Å². The topological polar surface area (TPSA) is 58.6 Å². The van der Waals surface area contributed by atoms with Gasteiger partial charge in [0.1, 0.15) is 17.3 Å². The van der Waals surface area contributed by atoms with Crippen LogP contribution in [0.3, 0.4) is 0 Å². The second kappa shape index (κ2) is 9.43. The fourth-order valence-corrected chi connectivity index (χ4v) is 3.66. The summed E-state index contributed by atoms with van der Waals surface area (Å²) in [5, 5.41) is 2.94. The van der Waals surface area contributed by atoms with Crippen LogP contribution in [0.1, 0.15) is 23.2 Å². The third kappa shape index (κ3) is 5.28. The van der Waals surface area contributed by atoms with Gasteiger partial charge in [-0.05, 0) is 61.4 Å². The van der Waals surface area contributed by atoms with E-state index in [0.29, 0.717) is 42.3 Å². The molecular weight excluding hydrogens is 395 g/mol. The lowest BCUT2D eigenvalue weighted by molar-refractivity contribution is -0.121. The largest absolute Gasteiger partial charge is 0.457 e. The average Bonchev–Trinajstić information content (AvgIpc) is 2.80. The molecule has 0 aliphatic carbocycles. The first-order chi connectivity index (χ1) is 15.1. The molecule has 5 nitrogen and oxygen atoms in total. The number of ether oxygens (including phenoxy) is 1. The van der Waals surface area contributed by atoms with Crippen molar-refractivity contribution in [2.75, 3.05) is 18.4 Å². The summed E-state index contributed by atoms with van der Waals surface area (Å²) >= 11 is 0. The van der Waals surface area contributed by atoms with E-state index in [2.05, 4.69) is 5.32 Å². The predicted molar refractivity (Wildman–Crippen MR) is 117 cm³/mol. The van der Waals surface area contributed by atoms with Gasteiger partial charge in [-0.25, -0.2) is 4.39 Å². The second-order valence-corrected chi connectivity index (χ2v) is 7.53. The van der Waals surface area contributed by atoms with Gasteiger partial charge in [0.15, 0.2) is 0 Å². The lowest BCUT2D eigenvalue weighted by atomic mass is 9.96. The third-order valence-electron chi connectivity index (χ3n) is 5.25. The molecule has 1 atom stereocenters. The lowest BCUT2D eigenvalue weighted by Crippen LogP contribution is -2.43. The van der Waals surface area contributed by atoms with Crippen molar-refractivity contribution in [3.8, 4) is 11.5 Å². The molecule has 1 N–H and O–H groups in total. The summed E-state index contributed by atoms with van der Waals surface area (Å²) in [5.74, 6) is 0.334. The molecule has 158 valence electrons. The molecule has 0 saturated carbocycles. The van der Waals surface area contributed by atoms with Crippen LogP contribution in [0.2, 0.25) is 0 Å². The Labute approximate surface area is 180 Å². The molecule has 1 aliphatic rings. The van der Waals surface area contributed by atoms with Gasteiger partial charge in [-0.15, -0.1) is 0 Å². The first-order valence-electron chi connectivity index (χ1n) is 10.3. The molecule has 0 bridgehead atoms. The Bertz CT molecular complexity index is 1050. The van der Waals surface area contributed by atoms with E-state index in [0.717, 1.165) is 6.42 Å². The Kier molecular flexibility index (Phi) is 6.26. The number of likely N-dealkylation sites (tertiary alicyclic amines) is 1. The SMILES string of the molecule is O=C(Nc1cccc(Oc2ccccc2)c1)C1CCCN(C(=O)c2ccc(F)cc2)C1. The molecule has 2 amide bonds. The third-order valence-corrected chi connectivity index (χ3v) is 5.25. The number of anilines is 1. The van der Waals surface area contributed by atoms with Gasteiger partial charge >= 0.3 is 0 Å². The van der Waals surface area contributed by atoms with E-state index < -0.39 is 0 Å². The zero-order valence-electron chi connectivity index (χ0n) is 17.0. The summed E-state index contributed by atoms with van der Waals surface area (Å²) < 4.78 is 19.0. The van der Waals surface area contributed by atoms with Crippen molar-refractivity contribution in [1.29, 1.82) is 0 Å². The van der Waals surface area contributed by atoms with Gasteiger partial charge in [0.25, 0.3) is 5.91 Å². The molecule has 1 heterocycles. The Morgan fingerprint density at radius 2 is 1.68 bits per heavy atom. The number of halogens is 1. The van der Waals surface area contributed by atoms with Gasteiger partial charge in [-0.3, -0.25) is 9.59 Å². The van der Waals surface area contributed by atoms with Crippen LogP contribution in [0, 0.1) is 11.7 Å². The minimum absolute atomic E-state index is 0.131. The van der Waals surface area contributed by atoms with E-state index in [1.165, 1.54) is 24.3 Å². The summed E-state index contributed by atoms with van der Waals surface area (Å²) in [6.07, 6.45) is 1.45. The van der Waals surface area contributed by atoms with Crippen LogP contribution in [-0.2, 0) is 4.79 Å². The number of nitrogens with one attached hydrogen (secondary N) is 1. The summed E-state index contributed by atoms with van der Waals surface area (Å²) in [5.41, 5.74) is 1.06. The normalized spacial score (nSPS) is 15.9. The molecule has 6 heteroatoms. The van der Waals surface area contributed by atoms with Crippen LogP contribution in [0.25, 0.3) is 0 Å². The van der Waals surface area contributed by atoms with E-state index in [-0.39, 0.29) is 23.5 Å². The molecule has 1 fully saturated rings. The number of hydrogen-bond acceptors (Lipinski definition) is 3. The minimum Gasteiger partial charge on any atom is -0.457 e. The second-order valence-electron chi connectivity index (χ2n) is 7.53. The number of carbonyl (C=O) groups excluding carboxylic acids is 2. The first kappa shape index (κ1) is 20.6. The van der Waals surface area contributed by atoms with Crippen LogP contribution < -0.4 is 10.1 Å². The van der Waals surface area contributed by atoms with Crippen LogP contribution >= 0.6 is 0 Å². The molecule has 1 saturated heterocycles. The van der Waals surface area contributed by atoms with Crippen LogP contribution in [0.15, 0.2) is 78.9 Å². The van der Waals surface area contributed by atoms with E-state index in [1.54, 1.807) is 17.0 Å². The van der Waals surface area contributed by atoms with E-state index in [4.69, 9.17) is 4.74 Å². The maximum atomic E-state index is 13.1. The van der Waals surface area contributed by atoms with Crippen molar-refractivity contribution < 1.29 is 18.7 Å². The molecule has 0 radical (unpaired) electrons. The first-order valence-corrected chi connectivity index (χ1v) is 10.3. The van der Waals surface area contributed by atoms with Gasteiger partial charge in [0, 0.05) is 30.4 Å². The maximum Gasteiger partial charge on any atom is 0.253 e. The number of piperidine rings is 1. The summed E-state index contributed by atoms with van der Waals surface area (Å²) in [6, 6.07) is 22.1. The van der Waals surface area contributed by atoms with Crippen molar-refractivity contribution in [3.63, 3.8) is 0 Å². The summed E-state index contributed by atoms with van der Waals surface area (Å²) in [4.78, 5) is 27.2. The Morgan fingerprint density at radius 3 is 2.45 bits per heavy atom. The lowest BCUT2D eigenvalue weighted by Gasteiger charge is -2.32. The van der Waals surface area contributed by atoms with Crippen LogP contribution in [-0.4, -0.2) is 29.8 Å². The fraction of sp³-hybridized carbons (Fsp3) is 0.200. The molecule has 1 aliphatic heterocycles. The van der Waals surface area contributed by atoms with Gasteiger partial charge in [0.05, 0.1) is 5.92 Å². The standard InChI is InChI=1S/C25H23FN2O3/c26-20-13-11-18(12-14-20)25(30)28-15-5-6-19(17-28)24(29)27-21-7-4-10-23(16-21)31-22-8-2-1-3-9-22/h1-4,7-14,16,19H,5-6,15,17H2,(H,27,29). The van der Waals surface area contributed by atoms with Crippen molar-refractivity contribution in [1.82, 2.24) is 4.90 Å². The van der Waals surface area contributed by atoms with Crippen molar-refractivity contribution >= 4 is 17.5 Å². The zero-order valence-corrected chi connectivity index (χ0v) is 17.0. The molecular formula is C25H23FN2O3. The van der Waals surface area contributed by atoms with E-state index >= 15 is 0 Å². The Balaban J connectivity index is 1.38. The quantitative estimate of drug-likeness (QED) is 0.627. The minimum atomic E-state index is -0.383.